The highest BCUT2D eigenvalue weighted by molar-refractivity contribution is 14.1. The van der Waals surface area contributed by atoms with Gasteiger partial charge in [-0.05, 0) is 25.1 Å². The Bertz CT molecular complexity index is 629. The Hall–Kier alpha value is -0.153. The third-order valence-corrected chi connectivity index (χ3v) is 13.2. The molecule has 2 saturated heterocycles. The summed E-state index contributed by atoms with van der Waals surface area (Å²) in [6.07, 6.45) is -0.0320. The molecule has 0 bridgehead atoms. The van der Waals surface area contributed by atoms with Gasteiger partial charge >= 0.3 is 11.9 Å². The SMILES string of the molecule is CC(C)(C)[Si](C)(C)OC1C2CC(=O)OC2(CI)[C@@]2(C)COC(=O)[C@@]12C. The van der Waals surface area contributed by atoms with Gasteiger partial charge in [0.1, 0.15) is 17.6 Å². The molecule has 3 aliphatic rings. The van der Waals surface area contributed by atoms with Crippen LogP contribution >= 0.6 is 22.6 Å². The van der Waals surface area contributed by atoms with Crippen molar-refractivity contribution >= 4 is 42.8 Å². The fraction of sp³-hybridized carbons (Fsp3) is 0.889. The Morgan fingerprint density at radius 2 is 1.88 bits per heavy atom. The first kappa shape index (κ1) is 19.6. The number of fused-ring (bicyclic) bond motifs is 3. The van der Waals surface area contributed by atoms with Gasteiger partial charge in [-0.25, -0.2) is 0 Å². The predicted molar refractivity (Wildman–Crippen MR) is 105 cm³/mol. The van der Waals surface area contributed by atoms with E-state index in [1.54, 1.807) is 0 Å². The first-order chi connectivity index (χ1) is 11.3. The lowest BCUT2D eigenvalue weighted by atomic mass is 9.64. The van der Waals surface area contributed by atoms with Crippen molar-refractivity contribution in [3.63, 3.8) is 0 Å². The molecule has 0 N–H and O–H groups in total. The number of esters is 2. The molecule has 0 aromatic rings. The second kappa shape index (κ2) is 5.44. The maximum absolute atomic E-state index is 12.9. The van der Waals surface area contributed by atoms with Crippen LogP contribution in [0.3, 0.4) is 0 Å². The van der Waals surface area contributed by atoms with Gasteiger partial charge in [0.2, 0.25) is 0 Å². The maximum Gasteiger partial charge on any atom is 0.315 e. The molecule has 7 heteroatoms. The van der Waals surface area contributed by atoms with Crippen LogP contribution in [0.4, 0.5) is 0 Å². The van der Waals surface area contributed by atoms with Gasteiger partial charge in [0.25, 0.3) is 0 Å². The molecule has 0 radical (unpaired) electrons. The van der Waals surface area contributed by atoms with Crippen molar-refractivity contribution in [1.82, 2.24) is 0 Å². The summed E-state index contributed by atoms with van der Waals surface area (Å²) >= 11 is 2.28. The normalized spacial score (nSPS) is 43.7. The van der Waals surface area contributed by atoms with Gasteiger partial charge in [-0.2, -0.15) is 0 Å². The molecule has 2 aliphatic heterocycles. The topological polar surface area (TPSA) is 61.8 Å². The number of halogens is 1. The van der Waals surface area contributed by atoms with Crippen molar-refractivity contribution in [2.24, 2.45) is 16.7 Å². The highest BCUT2D eigenvalue weighted by atomic mass is 127. The minimum Gasteiger partial charge on any atom is -0.464 e. The number of ether oxygens (including phenoxy) is 2. The standard InChI is InChI=1S/C18H29IO5Si/c1-15(2,3)25(6,7)24-13-11-8-12(20)23-18(11,9-19)16(4)10-22-14(21)17(13,16)5/h11,13H,8-10H2,1-7H3/t11?,13?,16-,17+,18?/m0/s1. The maximum atomic E-state index is 12.9. The minimum absolute atomic E-state index is 0.0152. The molecule has 3 rings (SSSR count). The highest BCUT2D eigenvalue weighted by Crippen LogP contribution is 2.70. The number of carbonyl (C=O) groups is 2. The molecule has 0 aromatic carbocycles. The van der Waals surface area contributed by atoms with E-state index in [0.717, 1.165) is 0 Å². The first-order valence-electron chi connectivity index (χ1n) is 8.90. The van der Waals surface area contributed by atoms with Gasteiger partial charge in [-0.15, -0.1) is 0 Å². The number of hydrogen-bond acceptors (Lipinski definition) is 5. The van der Waals surface area contributed by atoms with Crippen molar-refractivity contribution < 1.29 is 23.5 Å². The van der Waals surface area contributed by atoms with Crippen molar-refractivity contribution in [1.29, 1.82) is 0 Å². The van der Waals surface area contributed by atoms with Crippen molar-refractivity contribution in [2.45, 2.75) is 70.9 Å². The van der Waals surface area contributed by atoms with Crippen LogP contribution in [0, 0.1) is 16.7 Å². The van der Waals surface area contributed by atoms with E-state index >= 15 is 0 Å². The largest absolute Gasteiger partial charge is 0.464 e. The van der Waals surface area contributed by atoms with Crippen LogP contribution in [-0.2, 0) is 23.5 Å². The molecule has 0 spiro atoms. The second-order valence-corrected chi connectivity index (χ2v) is 15.2. The van der Waals surface area contributed by atoms with Gasteiger partial charge < -0.3 is 13.9 Å². The summed E-state index contributed by atoms with van der Waals surface area (Å²) in [5.74, 6) is -0.504. The predicted octanol–water partition coefficient (Wildman–Crippen LogP) is 3.70. The minimum atomic E-state index is -2.14. The molecule has 1 saturated carbocycles. The van der Waals surface area contributed by atoms with Crippen molar-refractivity contribution in [2.75, 3.05) is 11.0 Å². The number of alkyl halides is 1. The van der Waals surface area contributed by atoms with E-state index in [9.17, 15) is 9.59 Å². The monoisotopic (exact) mass is 480 g/mol. The quantitative estimate of drug-likeness (QED) is 0.267. The van der Waals surface area contributed by atoms with Gasteiger partial charge in [-0.1, -0.05) is 50.3 Å². The average molecular weight is 480 g/mol. The third kappa shape index (κ3) is 2.20. The zero-order chi connectivity index (χ0) is 19.1. The number of hydrogen-bond donors (Lipinski definition) is 0. The van der Waals surface area contributed by atoms with Crippen LogP contribution in [0.1, 0.15) is 41.0 Å². The van der Waals surface area contributed by atoms with Crippen LogP contribution < -0.4 is 0 Å². The molecule has 0 amide bonds. The van der Waals surface area contributed by atoms with Gasteiger partial charge in [0.05, 0.1) is 17.9 Å². The summed E-state index contributed by atoms with van der Waals surface area (Å²) in [5, 5.41) is 0.0152. The first-order valence-corrected chi connectivity index (χ1v) is 13.3. The molecule has 142 valence electrons. The summed E-state index contributed by atoms with van der Waals surface area (Å²) in [5.41, 5.74) is -2.06. The molecule has 3 fully saturated rings. The molecule has 3 unspecified atom stereocenters. The van der Waals surface area contributed by atoms with Crippen LogP contribution in [0.15, 0.2) is 0 Å². The highest BCUT2D eigenvalue weighted by Gasteiger charge is 2.82. The van der Waals surface area contributed by atoms with E-state index in [1.165, 1.54) is 0 Å². The third-order valence-electron chi connectivity index (χ3n) is 7.64. The molecule has 25 heavy (non-hydrogen) atoms. The Morgan fingerprint density at radius 3 is 2.40 bits per heavy atom. The summed E-state index contributed by atoms with van der Waals surface area (Å²) in [6, 6.07) is 0. The van der Waals surface area contributed by atoms with E-state index in [4.69, 9.17) is 13.9 Å². The lowest BCUT2D eigenvalue weighted by molar-refractivity contribution is -0.161. The van der Waals surface area contributed by atoms with Gasteiger partial charge in [0, 0.05) is 10.3 Å². The van der Waals surface area contributed by atoms with Crippen molar-refractivity contribution in [3.05, 3.63) is 0 Å². The smallest absolute Gasteiger partial charge is 0.315 e. The van der Waals surface area contributed by atoms with Crippen LogP contribution in [-0.4, -0.2) is 43.0 Å². The Labute approximate surface area is 164 Å². The van der Waals surface area contributed by atoms with Gasteiger partial charge in [-0.3, -0.25) is 9.59 Å². The van der Waals surface area contributed by atoms with E-state index in [2.05, 4.69) is 56.5 Å². The average Bonchev–Trinajstić information content (AvgIpc) is 2.99. The zero-order valence-corrected chi connectivity index (χ0v) is 19.4. The lowest BCUT2D eigenvalue weighted by Gasteiger charge is -2.43. The lowest BCUT2D eigenvalue weighted by Crippen LogP contribution is -2.54. The van der Waals surface area contributed by atoms with Crippen LogP contribution in [0.25, 0.3) is 0 Å². The van der Waals surface area contributed by atoms with E-state index in [0.29, 0.717) is 10.8 Å². The van der Waals surface area contributed by atoms with Gasteiger partial charge in [0.15, 0.2) is 8.32 Å². The molecule has 1 aliphatic carbocycles. The Morgan fingerprint density at radius 1 is 1.28 bits per heavy atom. The molecule has 2 heterocycles. The molecule has 5 nitrogen and oxygen atoms in total. The number of cyclic esters (lactones) is 1. The summed E-state index contributed by atoms with van der Waals surface area (Å²) in [6.45, 7) is 15.2. The summed E-state index contributed by atoms with van der Waals surface area (Å²) in [7, 11) is -2.14. The second-order valence-electron chi connectivity index (χ2n) is 9.72. The molecule has 0 aromatic heterocycles. The fourth-order valence-corrected chi connectivity index (χ4v) is 7.59. The Balaban J connectivity index is 2.14. The van der Waals surface area contributed by atoms with Crippen molar-refractivity contribution in [3.8, 4) is 0 Å². The summed E-state index contributed by atoms with van der Waals surface area (Å²) in [4.78, 5) is 25.1. The van der Waals surface area contributed by atoms with E-state index in [1.807, 2.05) is 13.8 Å². The number of rotatable bonds is 3. The number of carbonyl (C=O) groups excluding carboxylic acids is 2. The summed E-state index contributed by atoms with van der Waals surface area (Å²) < 4.78 is 18.9. The molecule has 5 atom stereocenters. The molecular formula is C18H29IO5Si. The molecular weight excluding hydrogens is 451 g/mol. The van der Waals surface area contributed by atoms with E-state index in [-0.39, 0.29) is 35.6 Å². The van der Waals surface area contributed by atoms with Crippen LogP contribution in [0.2, 0.25) is 18.1 Å². The fourth-order valence-electron chi connectivity index (χ4n) is 4.64. The zero-order valence-electron chi connectivity index (χ0n) is 16.2. The van der Waals surface area contributed by atoms with Crippen LogP contribution in [0.5, 0.6) is 0 Å². The van der Waals surface area contributed by atoms with E-state index < -0.39 is 24.7 Å². The Kier molecular flexibility index (Phi) is 4.26.